The van der Waals surface area contributed by atoms with Gasteiger partial charge >= 0.3 is 5.97 Å². The predicted octanol–water partition coefficient (Wildman–Crippen LogP) is 1.80. The molecule has 2 aliphatic rings. The van der Waals surface area contributed by atoms with Crippen LogP contribution in [0, 0.1) is 23.2 Å². The zero-order valence-corrected chi connectivity index (χ0v) is 8.03. The van der Waals surface area contributed by atoms with Gasteiger partial charge in [-0.05, 0) is 25.2 Å². The van der Waals surface area contributed by atoms with Crippen LogP contribution in [0.3, 0.4) is 0 Å². The van der Waals surface area contributed by atoms with Gasteiger partial charge < -0.3 is 4.74 Å². The topological polar surface area (TPSA) is 50.1 Å². The molecule has 0 spiro atoms. The zero-order valence-electron chi connectivity index (χ0n) is 8.03. The Hall–Kier alpha value is -1.30. The Balaban J connectivity index is 2.16. The molecule has 2 saturated carbocycles. The lowest BCUT2D eigenvalue weighted by atomic mass is 9.85. The molecule has 74 valence electrons. The van der Waals surface area contributed by atoms with Gasteiger partial charge in [-0.2, -0.15) is 5.26 Å². The Bertz CT molecular complexity index is 318. The Morgan fingerprint density at radius 1 is 1.64 bits per heavy atom. The van der Waals surface area contributed by atoms with E-state index in [0.717, 1.165) is 18.9 Å². The first-order valence-corrected chi connectivity index (χ1v) is 4.97. The lowest BCUT2D eigenvalue weighted by molar-refractivity contribution is -0.152. The maximum Gasteiger partial charge on any atom is 0.331 e. The van der Waals surface area contributed by atoms with E-state index in [1.54, 1.807) is 0 Å². The summed E-state index contributed by atoms with van der Waals surface area (Å²) in [5, 5.41) is 9.12. The fraction of sp³-hybridized carbons (Fsp3) is 0.636. The SMILES string of the molecule is C=CC(=O)OC1(C#N)CC2CCC1C2. The van der Waals surface area contributed by atoms with Crippen LogP contribution in [-0.4, -0.2) is 11.6 Å². The van der Waals surface area contributed by atoms with Gasteiger partial charge in [0.25, 0.3) is 0 Å². The van der Waals surface area contributed by atoms with Gasteiger partial charge in [0.15, 0.2) is 0 Å². The molecule has 2 rings (SSSR count). The molecule has 0 saturated heterocycles. The highest BCUT2D eigenvalue weighted by Gasteiger charge is 2.54. The molecule has 0 radical (unpaired) electrons. The summed E-state index contributed by atoms with van der Waals surface area (Å²) in [6.07, 6.45) is 5.08. The molecule has 3 unspecified atom stereocenters. The molecule has 0 heterocycles. The molecular weight excluding hydrogens is 178 g/mol. The van der Waals surface area contributed by atoms with E-state index in [2.05, 4.69) is 12.6 Å². The van der Waals surface area contributed by atoms with Crippen LogP contribution in [0.2, 0.25) is 0 Å². The fourth-order valence-electron chi connectivity index (χ4n) is 2.79. The second-order valence-corrected chi connectivity index (χ2v) is 4.21. The number of carbonyl (C=O) groups excluding carboxylic acids is 1. The van der Waals surface area contributed by atoms with Crippen molar-refractivity contribution in [2.45, 2.75) is 31.3 Å². The predicted molar refractivity (Wildman–Crippen MR) is 50.1 cm³/mol. The van der Waals surface area contributed by atoms with Gasteiger partial charge in [-0.3, -0.25) is 0 Å². The summed E-state index contributed by atoms with van der Waals surface area (Å²) in [7, 11) is 0. The minimum absolute atomic E-state index is 0.251. The first kappa shape index (κ1) is 9.26. The van der Waals surface area contributed by atoms with E-state index in [1.807, 2.05) is 0 Å². The number of hydrogen-bond acceptors (Lipinski definition) is 3. The summed E-state index contributed by atoms with van der Waals surface area (Å²) in [6, 6.07) is 2.18. The van der Waals surface area contributed by atoms with E-state index in [9.17, 15) is 4.79 Å². The first-order valence-electron chi connectivity index (χ1n) is 4.97. The molecule has 0 aromatic heterocycles. The van der Waals surface area contributed by atoms with Crippen LogP contribution in [0.1, 0.15) is 25.7 Å². The summed E-state index contributed by atoms with van der Waals surface area (Å²) in [4.78, 5) is 11.1. The average Bonchev–Trinajstić information content (AvgIpc) is 2.77. The molecule has 0 N–H and O–H groups in total. The lowest BCUT2D eigenvalue weighted by Crippen LogP contribution is -2.38. The number of esters is 1. The third-order valence-corrected chi connectivity index (χ3v) is 3.43. The van der Waals surface area contributed by atoms with Gasteiger partial charge in [0, 0.05) is 18.4 Å². The number of nitriles is 1. The van der Waals surface area contributed by atoms with Crippen molar-refractivity contribution in [1.29, 1.82) is 5.26 Å². The highest BCUT2D eigenvalue weighted by Crippen LogP contribution is 2.52. The summed E-state index contributed by atoms with van der Waals surface area (Å²) < 4.78 is 5.21. The van der Waals surface area contributed by atoms with Crippen LogP contribution >= 0.6 is 0 Å². The summed E-state index contributed by atoms with van der Waals surface area (Å²) in [5.74, 6) is 0.359. The highest BCUT2D eigenvalue weighted by atomic mass is 16.6. The molecule has 0 aromatic rings. The molecule has 2 aliphatic carbocycles. The van der Waals surface area contributed by atoms with Crippen LogP contribution in [0.25, 0.3) is 0 Å². The lowest BCUT2D eigenvalue weighted by Gasteiger charge is -2.29. The van der Waals surface area contributed by atoms with E-state index in [1.165, 1.54) is 6.42 Å². The molecule has 0 amide bonds. The average molecular weight is 191 g/mol. The molecule has 0 aromatic carbocycles. The largest absolute Gasteiger partial charge is 0.440 e. The number of ether oxygens (including phenoxy) is 1. The molecule has 3 atom stereocenters. The van der Waals surface area contributed by atoms with Crippen molar-refractivity contribution in [1.82, 2.24) is 0 Å². The number of fused-ring (bicyclic) bond motifs is 2. The van der Waals surface area contributed by atoms with Crippen molar-refractivity contribution in [3.8, 4) is 6.07 Å². The fourth-order valence-corrected chi connectivity index (χ4v) is 2.79. The van der Waals surface area contributed by atoms with Crippen LogP contribution in [0.4, 0.5) is 0 Å². The van der Waals surface area contributed by atoms with Crippen molar-refractivity contribution in [2.75, 3.05) is 0 Å². The summed E-state index contributed by atoms with van der Waals surface area (Å²) >= 11 is 0. The Morgan fingerprint density at radius 3 is 2.86 bits per heavy atom. The normalized spacial score (nSPS) is 39.1. The zero-order chi connectivity index (χ0) is 10.2. The van der Waals surface area contributed by atoms with E-state index in [4.69, 9.17) is 10.00 Å². The number of rotatable bonds is 2. The van der Waals surface area contributed by atoms with E-state index in [-0.39, 0.29) is 5.92 Å². The minimum atomic E-state index is -0.839. The van der Waals surface area contributed by atoms with Crippen molar-refractivity contribution in [3.63, 3.8) is 0 Å². The van der Waals surface area contributed by atoms with Gasteiger partial charge in [-0.15, -0.1) is 0 Å². The Kier molecular flexibility index (Phi) is 2.07. The third-order valence-electron chi connectivity index (χ3n) is 3.43. The number of hydrogen-bond donors (Lipinski definition) is 0. The molecule has 3 nitrogen and oxygen atoms in total. The van der Waals surface area contributed by atoms with Gasteiger partial charge in [0.05, 0.1) is 0 Å². The molecule has 2 bridgehead atoms. The highest BCUT2D eigenvalue weighted by molar-refractivity contribution is 5.81. The molecular formula is C11H13NO2. The third kappa shape index (κ3) is 1.22. The van der Waals surface area contributed by atoms with Crippen LogP contribution in [0.15, 0.2) is 12.7 Å². The second kappa shape index (κ2) is 3.13. The van der Waals surface area contributed by atoms with Gasteiger partial charge in [0.1, 0.15) is 6.07 Å². The van der Waals surface area contributed by atoms with Crippen LogP contribution in [0.5, 0.6) is 0 Å². The summed E-state index contributed by atoms with van der Waals surface area (Å²) in [6.45, 7) is 3.35. The number of carbonyl (C=O) groups is 1. The van der Waals surface area contributed by atoms with E-state index in [0.29, 0.717) is 12.3 Å². The van der Waals surface area contributed by atoms with Gasteiger partial charge in [-0.25, -0.2) is 4.79 Å². The van der Waals surface area contributed by atoms with Gasteiger partial charge in [0.2, 0.25) is 5.60 Å². The Morgan fingerprint density at radius 2 is 2.43 bits per heavy atom. The number of nitrogens with zero attached hydrogens (tertiary/aromatic N) is 1. The van der Waals surface area contributed by atoms with Crippen LogP contribution in [-0.2, 0) is 9.53 Å². The smallest absolute Gasteiger partial charge is 0.331 e. The summed E-state index contributed by atoms with van der Waals surface area (Å²) in [5.41, 5.74) is -0.839. The van der Waals surface area contributed by atoms with Crippen molar-refractivity contribution in [2.24, 2.45) is 11.8 Å². The second-order valence-electron chi connectivity index (χ2n) is 4.21. The quantitative estimate of drug-likeness (QED) is 0.494. The molecule has 3 heteroatoms. The van der Waals surface area contributed by atoms with Crippen molar-refractivity contribution >= 4 is 5.97 Å². The molecule has 2 fully saturated rings. The molecule has 0 aliphatic heterocycles. The monoisotopic (exact) mass is 191 g/mol. The van der Waals surface area contributed by atoms with Crippen molar-refractivity contribution in [3.05, 3.63) is 12.7 Å². The molecule has 14 heavy (non-hydrogen) atoms. The maximum atomic E-state index is 11.1. The van der Waals surface area contributed by atoms with Crippen LogP contribution < -0.4 is 0 Å². The Labute approximate surface area is 83.4 Å². The first-order chi connectivity index (χ1) is 6.70. The van der Waals surface area contributed by atoms with E-state index >= 15 is 0 Å². The van der Waals surface area contributed by atoms with Gasteiger partial charge in [-0.1, -0.05) is 6.58 Å². The maximum absolute atomic E-state index is 11.1. The van der Waals surface area contributed by atoms with Crippen molar-refractivity contribution < 1.29 is 9.53 Å². The van der Waals surface area contributed by atoms with E-state index < -0.39 is 11.6 Å². The minimum Gasteiger partial charge on any atom is -0.440 e. The standard InChI is InChI=1S/C11H13NO2/c1-2-10(13)14-11(7-12)6-8-3-4-9(11)5-8/h2,8-9H,1,3-6H2.